The number of nitrogens with one attached hydrogen (secondary N) is 2. The number of benzene rings is 1. The standard InChI is InChI=1S/C19H25N3O2/c1-14-5-6-17(10-15(14)2)21-19(23)20-11-16-7-8-22(12-16)13-18-4-3-9-24-18/h3-6,9-10,16H,7-8,11-13H2,1-2H3,(H2,20,21,23)/t16-/m0/s1. The molecule has 1 atom stereocenters. The minimum atomic E-state index is -0.136. The summed E-state index contributed by atoms with van der Waals surface area (Å²) in [6, 6.07) is 9.74. The first-order chi connectivity index (χ1) is 11.6. The van der Waals surface area contributed by atoms with Crippen LogP contribution < -0.4 is 10.6 Å². The van der Waals surface area contributed by atoms with Gasteiger partial charge < -0.3 is 15.1 Å². The third-order valence-electron chi connectivity index (χ3n) is 4.65. The first kappa shape index (κ1) is 16.6. The molecule has 1 aliphatic rings. The van der Waals surface area contributed by atoms with Gasteiger partial charge in [-0.15, -0.1) is 0 Å². The Kier molecular flexibility index (Phi) is 5.20. The predicted molar refractivity (Wildman–Crippen MR) is 95.0 cm³/mol. The van der Waals surface area contributed by atoms with Crippen LogP contribution in [0.4, 0.5) is 10.5 Å². The van der Waals surface area contributed by atoms with Crippen LogP contribution in [0.1, 0.15) is 23.3 Å². The van der Waals surface area contributed by atoms with Crippen LogP contribution in [0.5, 0.6) is 0 Å². The number of urea groups is 1. The molecule has 0 radical (unpaired) electrons. The lowest BCUT2D eigenvalue weighted by atomic mass is 10.1. The number of hydrogen-bond acceptors (Lipinski definition) is 3. The normalized spacial score (nSPS) is 17.8. The lowest BCUT2D eigenvalue weighted by Crippen LogP contribution is -2.34. The topological polar surface area (TPSA) is 57.5 Å². The molecule has 1 fully saturated rings. The second-order valence-corrected chi connectivity index (χ2v) is 6.60. The summed E-state index contributed by atoms with van der Waals surface area (Å²) in [5.41, 5.74) is 3.24. The van der Waals surface area contributed by atoms with E-state index in [0.717, 1.165) is 37.5 Å². The number of carbonyl (C=O) groups is 1. The smallest absolute Gasteiger partial charge is 0.319 e. The van der Waals surface area contributed by atoms with Crippen molar-refractivity contribution in [1.29, 1.82) is 0 Å². The lowest BCUT2D eigenvalue weighted by molar-refractivity contribution is 0.249. The Morgan fingerprint density at radius 2 is 2.17 bits per heavy atom. The Balaban J connectivity index is 1.41. The molecule has 0 spiro atoms. The number of nitrogens with zero attached hydrogens (tertiary/aromatic N) is 1. The second kappa shape index (κ2) is 7.53. The summed E-state index contributed by atoms with van der Waals surface area (Å²) in [5.74, 6) is 1.49. The van der Waals surface area contributed by atoms with Crippen molar-refractivity contribution in [2.45, 2.75) is 26.8 Å². The summed E-state index contributed by atoms with van der Waals surface area (Å²) >= 11 is 0. The molecule has 1 aliphatic heterocycles. The average molecular weight is 327 g/mol. The molecule has 2 N–H and O–H groups in total. The molecular weight excluding hydrogens is 302 g/mol. The summed E-state index contributed by atoms with van der Waals surface area (Å²) in [6.45, 7) is 7.69. The van der Waals surface area contributed by atoms with Gasteiger partial charge in [0.1, 0.15) is 5.76 Å². The Morgan fingerprint density at radius 3 is 2.92 bits per heavy atom. The van der Waals surface area contributed by atoms with Gasteiger partial charge in [-0.25, -0.2) is 4.79 Å². The zero-order chi connectivity index (χ0) is 16.9. The van der Waals surface area contributed by atoms with Crippen molar-refractivity contribution in [2.24, 2.45) is 5.92 Å². The molecule has 5 nitrogen and oxygen atoms in total. The van der Waals surface area contributed by atoms with Gasteiger partial charge in [-0.2, -0.15) is 0 Å². The lowest BCUT2D eigenvalue weighted by Gasteiger charge is -2.15. The zero-order valence-corrected chi connectivity index (χ0v) is 14.3. The summed E-state index contributed by atoms with van der Waals surface area (Å²) in [6.07, 6.45) is 2.81. The van der Waals surface area contributed by atoms with Crippen molar-refractivity contribution >= 4 is 11.7 Å². The van der Waals surface area contributed by atoms with Gasteiger partial charge in [0.15, 0.2) is 0 Å². The third kappa shape index (κ3) is 4.38. The van der Waals surface area contributed by atoms with E-state index in [-0.39, 0.29) is 6.03 Å². The molecule has 0 saturated carbocycles. The van der Waals surface area contributed by atoms with E-state index < -0.39 is 0 Å². The van der Waals surface area contributed by atoms with Gasteiger partial charge in [-0.3, -0.25) is 4.90 Å². The zero-order valence-electron chi connectivity index (χ0n) is 14.3. The summed E-state index contributed by atoms with van der Waals surface area (Å²) in [7, 11) is 0. The number of anilines is 1. The van der Waals surface area contributed by atoms with E-state index in [4.69, 9.17) is 4.42 Å². The largest absolute Gasteiger partial charge is 0.468 e. The van der Waals surface area contributed by atoms with Gasteiger partial charge >= 0.3 is 6.03 Å². The van der Waals surface area contributed by atoms with Crippen LogP contribution in [-0.4, -0.2) is 30.6 Å². The average Bonchev–Trinajstić information content (AvgIpc) is 3.21. The number of carbonyl (C=O) groups excluding carboxylic acids is 1. The maximum atomic E-state index is 12.1. The van der Waals surface area contributed by atoms with E-state index in [0.29, 0.717) is 12.5 Å². The van der Waals surface area contributed by atoms with Crippen molar-refractivity contribution < 1.29 is 9.21 Å². The van der Waals surface area contributed by atoms with Gasteiger partial charge in [0.2, 0.25) is 0 Å². The fraction of sp³-hybridized carbons (Fsp3) is 0.421. The highest BCUT2D eigenvalue weighted by Gasteiger charge is 2.23. The van der Waals surface area contributed by atoms with Crippen LogP contribution in [0.2, 0.25) is 0 Å². The first-order valence-electron chi connectivity index (χ1n) is 8.47. The fourth-order valence-corrected chi connectivity index (χ4v) is 3.08. The van der Waals surface area contributed by atoms with Crippen LogP contribution in [-0.2, 0) is 6.54 Å². The Morgan fingerprint density at radius 1 is 1.29 bits per heavy atom. The van der Waals surface area contributed by atoms with E-state index in [1.807, 2.05) is 37.3 Å². The van der Waals surface area contributed by atoms with E-state index in [1.165, 1.54) is 11.1 Å². The maximum Gasteiger partial charge on any atom is 0.319 e. The minimum absolute atomic E-state index is 0.136. The maximum absolute atomic E-state index is 12.1. The Bertz CT molecular complexity index is 682. The molecule has 128 valence electrons. The molecule has 3 rings (SSSR count). The van der Waals surface area contributed by atoms with Crippen LogP contribution in [0.25, 0.3) is 0 Å². The molecule has 1 aromatic carbocycles. The minimum Gasteiger partial charge on any atom is -0.468 e. The van der Waals surface area contributed by atoms with Gasteiger partial charge in [0, 0.05) is 18.8 Å². The van der Waals surface area contributed by atoms with E-state index >= 15 is 0 Å². The Hall–Kier alpha value is -2.27. The van der Waals surface area contributed by atoms with Crippen LogP contribution in [0.3, 0.4) is 0 Å². The number of aryl methyl sites for hydroxylation is 2. The highest BCUT2D eigenvalue weighted by molar-refractivity contribution is 5.89. The predicted octanol–water partition coefficient (Wildman–Crippen LogP) is 3.54. The van der Waals surface area contributed by atoms with E-state index in [9.17, 15) is 4.79 Å². The molecule has 0 unspecified atom stereocenters. The van der Waals surface area contributed by atoms with Crippen LogP contribution in [0.15, 0.2) is 41.0 Å². The number of hydrogen-bond donors (Lipinski definition) is 2. The molecule has 2 heterocycles. The second-order valence-electron chi connectivity index (χ2n) is 6.60. The molecule has 1 aromatic heterocycles. The van der Waals surface area contributed by atoms with E-state index in [2.05, 4.69) is 22.5 Å². The molecule has 1 saturated heterocycles. The molecule has 24 heavy (non-hydrogen) atoms. The highest BCUT2D eigenvalue weighted by atomic mass is 16.3. The molecule has 5 heteroatoms. The highest BCUT2D eigenvalue weighted by Crippen LogP contribution is 2.18. The monoisotopic (exact) mass is 327 g/mol. The van der Waals surface area contributed by atoms with Gasteiger partial charge in [0.05, 0.1) is 12.8 Å². The SMILES string of the molecule is Cc1ccc(NC(=O)NC[C@@H]2CCN(Cc3ccco3)C2)cc1C. The fourth-order valence-electron chi connectivity index (χ4n) is 3.08. The van der Waals surface area contributed by atoms with Crippen molar-refractivity contribution in [3.63, 3.8) is 0 Å². The first-order valence-corrected chi connectivity index (χ1v) is 8.47. The van der Waals surface area contributed by atoms with Crippen LogP contribution in [0, 0.1) is 19.8 Å². The van der Waals surface area contributed by atoms with Crippen molar-refractivity contribution in [3.8, 4) is 0 Å². The Labute approximate surface area is 143 Å². The third-order valence-corrected chi connectivity index (χ3v) is 4.65. The van der Waals surface area contributed by atoms with Gasteiger partial charge in [-0.05, 0) is 68.1 Å². The number of rotatable bonds is 5. The molecule has 0 aliphatic carbocycles. The number of amides is 2. The van der Waals surface area contributed by atoms with Crippen molar-refractivity contribution in [3.05, 3.63) is 53.5 Å². The molecule has 2 aromatic rings. The van der Waals surface area contributed by atoms with Crippen LogP contribution >= 0.6 is 0 Å². The molecule has 0 bridgehead atoms. The summed E-state index contributed by atoms with van der Waals surface area (Å²) < 4.78 is 5.39. The van der Waals surface area contributed by atoms with E-state index in [1.54, 1.807) is 6.26 Å². The van der Waals surface area contributed by atoms with Gasteiger partial charge in [-0.1, -0.05) is 6.07 Å². The molecule has 2 amide bonds. The van der Waals surface area contributed by atoms with Crippen molar-refractivity contribution in [1.82, 2.24) is 10.2 Å². The summed E-state index contributed by atoms with van der Waals surface area (Å²) in [5, 5.41) is 5.89. The van der Waals surface area contributed by atoms with Gasteiger partial charge in [0.25, 0.3) is 0 Å². The summed E-state index contributed by atoms with van der Waals surface area (Å²) in [4.78, 5) is 14.4. The number of furan rings is 1. The number of likely N-dealkylation sites (tertiary alicyclic amines) is 1. The quantitative estimate of drug-likeness (QED) is 0.883. The van der Waals surface area contributed by atoms with Crippen molar-refractivity contribution in [2.75, 3.05) is 25.0 Å². The molecular formula is C19H25N3O2.